The maximum Gasteiger partial charge on any atom is 0.260 e. The highest BCUT2D eigenvalue weighted by Crippen LogP contribution is 2.40. The van der Waals surface area contributed by atoms with Crippen molar-refractivity contribution >= 4 is 5.91 Å². The zero-order valence-corrected chi connectivity index (χ0v) is 18.1. The van der Waals surface area contributed by atoms with Crippen molar-refractivity contribution in [3.05, 3.63) is 47.5 Å². The number of rotatable bonds is 8. The number of piperazine rings is 1. The molecule has 0 saturated carbocycles. The van der Waals surface area contributed by atoms with E-state index in [2.05, 4.69) is 11.0 Å². The Kier molecular flexibility index (Phi) is 7.57. The Morgan fingerprint density at radius 2 is 1.68 bits per heavy atom. The lowest BCUT2D eigenvalue weighted by atomic mass is 10.1. The van der Waals surface area contributed by atoms with Crippen molar-refractivity contribution in [3.63, 3.8) is 0 Å². The molecule has 2 aromatic rings. The third-order valence-corrected chi connectivity index (χ3v) is 5.19. The third-order valence-electron chi connectivity index (χ3n) is 5.19. The van der Waals surface area contributed by atoms with Gasteiger partial charge in [-0.3, -0.25) is 9.69 Å². The predicted molar refractivity (Wildman–Crippen MR) is 115 cm³/mol. The summed E-state index contributed by atoms with van der Waals surface area (Å²) in [6.45, 7) is 3.51. The summed E-state index contributed by atoms with van der Waals surface area (Å²) < 4.78 is 21.6. The number of hydrogen-bond donors (Lipinski definition) is 0. The van der Waals surface area contributed by atoms with Gasteiger partial charge in [-0.05, 0) is 17.7 Å². The molecule has 0 aliphatic carbocycles. The zero-order valence-electron chi connectivity index (χ0n) is 18.1. The molecule has 0 radical (unpaired) electrons. The van der Waals surface area contributed by atoms with Gasteiger partial charge in [0.1, 0.15) is 5.75 Å². The predicted octanol–water partition coefficient (Wildman–Crippen LogP) is 2.31. The fourth-order valence-electron chi connectivity index (χ4n) is 3.53. The lowest BCUT2D eigenvalue weighted by Gasteiger charge is -2.34. The minimum Gasteiger partial charge on any atom is -0.493 e. The average Bonchev–Trinajstić information content (AvgIpc) is 2.82. The summed E-state index contributed by atoms with van der Waals surface area (Å²) in [4.78, 5) is 16.7. The largest absolute Gasteiger partial charge is 0.493 e. The number of ether oxygens (including phenoxy) is 4. The zero-order chi connectivity index (χ0) is 22.2. The van der Waals surface area contributed by atoms with Gasteiger partial charge in [-0.15, -0.1) is 0 Å². The molecule has 1 saturated heterocycles. The van der Waals surface area contributed by atoms with Crippen LogP contribution >= 0.6 is 0 Å². The van der Waals surface area contributed by atoms with Crippen molar-refractivity contribution < 1.29 is 23.7 Å². The summed E-state index contributed by atoms with van der Waals surface area (Å²) in [7, 11) is 4.59. The van der Waals surface area contributed by atoms with Crippen LogP contribution in [0, 0.1) is 11.3 Å². The Morgan fingerprint density at radius 3 is 2.26 bits per heavy atom. The Labute approximate surface area is 182 Å². The van der Waals surface area contributed by atoms with Crippen LogP contribution in [0.2, 0.25) is 0 Å². The number of nitrogens with zero attached hydrogens (tertiary/aromatic N) is 3. The van der Waals surface area contributed by atoms with E-state index < -0.39 is 0 Å². The quantitative estimate of drug-likeness (QED) is 0.642. The molecular weight excluding hydrogens is 398 g/mol. The van der Waals surface area contributed by atoms with E-state index in [0.717, 1.165) is 25.2 Å². The number of amides is 1. The van der Waals surface area contributed by atoms with Gasteiger partial charge in [-0.2, -0.15) is 5.26 Å². The standard InChI is InChI=1S/C23H27N3O5/c1-28-20-12-19(13-21(29-2)23(20)30-3)31-16-22(27)26-9-7-25(8-10-26)15-18-6-4-5-17(11-18)14-24/h4-6,11-13H,7-10,15-16H2,1-3H3. The average molecular weight is 425 g/mol. The van der Waals surface area contributed by atoms with Crippen LogP contribution in [0.25, 0.3) is 0 Å². The summed E-state index contributed by atoms with van der Waals surface area (Å²) >= 11 is 0. The van der Waals surface area contributed by atoms with E-state index in [1.807, 2.05) is 18.2 Å². The van der Waals surface area contributed by atoms with E-state index in [0.29, 0.717) is 41.7 Å². The summed E-state index contributed by atoms with van der Waals surface area (Å²) in [5.74, 6) is 1.82. The van der Waals surface area contributed by atoms with Gasteiger partial charge in [0.15, 0.2) is 18.1 Å². The number of hydrogen-bond acceptors (Lipinski definition) is 7. The first-order valence-electron chi connectivity index (χ1n) is 10.00. The van der Waals surface area contributed by atoms with Crippen LogP contribution in [0.4, 0.5) is 0 Å². The van der Waals surface area contributed by atoms with Crippen LogP contribution in [0.3, 0.4) is 0 Å². The van der Waals surface area contributed by atoms with Gasteiger partial charge < -0.3 is 23.8 Å². The smallest absolute Gasteiger partial charge is 0.260 e. The normalized spacial score (nSPS) is 13.9. The topological polar surface area (TPSA) is 84.3 Å². The van der Waals surface area contributed by atoms with Crippen molar-refractivity contribution in [1.29, 1.82) is 5.26 Å². The Hall–Kier alpha value is -3.44. The molecule has 8 heteroatoms. The molecule has 1 aliphatic heterocycles. The molecule has 0 spiro atoms. The Balaban J connectivity index is 1.52. The van der Waals surface area contributed by atoms with Gasteiger partial charge in [0, 0.05) is 44.9 Å². The molecule has 0 N–H and O–H groups in total. The molecular formula is C23H27N3O5. The fraction of sp³-hybridized carbons (Fsp3) is 0.391. The molecule has 2 aromatic carbocycles. The van der Waals surface area contributed by atoms with E-state index in [4.69, 9.17) is 24.2 Å². The first-order valence-corrected chi connectivity index (χ1v) is 10.00. The van der Waals surface area contributed by atoms with Gasteiger partial charge >= 0.3 is 0 Å². The Bertz CT molecular complexity index is 923. The number of carbonyl (C=O) groups excluding carboxylic acids is 1. The number of nitriles is 1. The maximum absolute atomic E-state index is 12.6. The second-order valence-electron chi connectivity index (χ2n) is 7.12. The van der Waals surface area contributed by atoms with Crippen LogP contribution in [0.1, 0.15) is 11.1 Å². The van der Waals surface area contributed by atoms with Crippen molar-refractivity contribution in [1.82, 2.24) is 9.80 Å². The monoisotopic (exact) mass is 425 g/mol. The molecule has 1 heterocycles. The van der Waals surface area contributed by atoms with E-state index >= 15 is 0 Å². The summed E-state index contributed by atoms with van der Waals surface area (Å²) in [5.41, 5.74) is 1.76. The first kappa shape index (κ1) is 22.2. The van der Waals surface area contributed by atoms with Crippen LogP contribution in [-0.4, -0.2) is 69.8 Å². The molecule has 1 aliphatic rings. The Morgan fingerprint density at radius 1 is 1.00 bits per heavy atom. The molecule has 3 rings (SSSR count). The second kappa shape index (κ2) is 10.5. The minimum absolute atomic E-state index is 0.0666. The molecule has 31 heavy (non-hydrogen) atoms. The lowest BCUT2D eigenvalue weighted by molar-refractivity contribution is -0.135. The molecule has 8 nitrogen and oxygen atoms in total. The summed E-state index contributed by atoms with van der Waals surface area (Å²) in [5, 5.41) is 9.04. The number of benzene rings is 2. The molecule has 0 atom stereocenters. The highest BCUT2D eigenvalue weighted by molar-refractivity contribution is 5.78. The maximum atomic E-state index is 12.6. The van der Waals surface area contributed by atoms with Crippen LogP contribution in [0.15, 0.2) is 36.4 Å². The number of methoxy groups -OCH3 is 3. The molecule has 1 fully saturated rings. The first-order chi connectivity index (χ1) is 15.1. The highest BCUT2D eigenvalue weighted by Gasteiger charge is 2.22. The van der Waals surface area contributed by atoms with Crippen molar-refractivity contribution in [2.24, 2.45) is 0 Å². The van der Waals surface area contributed by atoms with Gasteiger partial charge in [0.25, 0.3) is 5.91 Å². The second-order valence-corrected chi connectivity index (χ2v) is 7.12. The van der Waals surface area contributed by atoms with E-state index in [1.54, 1.807) is 23.1 Å². The van der Waals surface area contributed by atoms with Gasteiger partial charge in [-0.25, -0.2) is 0 Å². The van der Waals surface area contributed by atoms with E-state index in [1.165, 1.54) is 21.3 Å². The highest BCUT2D eigenvalue weighted by atomic mass is 16.5. The minimum atomic E-state index is -0.0696. The van der Waals surface area contributed by atoms with E-state index in [-0.39, 0.29) is 12.5 Å². The van der Waals surface area contributed by atoms with Crippen LogP contribution in [-0.2, 0) is 11.3 Å². The molecule has 164 valence electrons. The van der Waals surface area contributed by atoms with Crippen molar-refractivity contribution in [3.8, 4) is 29.1 Å². The molecule has 1 amide bonds. The molecule has 0 unspecified atom stereocenters. The molecule has 0 bridgehead atoms. The fourth-order valence-corrected chi connectivity index (χ4v) is 3.53. The van der Waals surface area contributed by atoms with Crippen molar-refractivity contribution in [2.45, 2.75) is 6.54 Å². The summed E-state index contributed by atoms with van der Waals surface area (Å²) in [6.07, 6.45) is 0. The van der Waals surface area contributed by atoms with Crippen LogP contribution < -0.4 is 18.9 Å². The van der Waals surface area contributed by atoms with Gasteiger partial charge in [0.2, 0.25) is 5.75 Å². The third kappa shape index (κ3) is 5.58. The van der Waals surface area contributed by atoms with Gasteiger partial charge in [-0.1, -0.05) is 12.1 Å². The number of carbonyl (C=O) groups is 1. The lowest BCUT2D eigenvalue weighted by Crippen LogP contribution is -2.49. The van der Waals surface area contributed by atoms with E-state index in [9.17, 15) is 4.79 Å². The molecule has 0 aromatic heterocycles. The van der Waals surface area contributed by atoms with Crippen molar-refractivity contribution in [2.75, 3.05) is 54.1 Å². The van der Waals surface area contributed by atoms with Crippen LogP contribution in [0.5, 0.6) is 23.0 Å². The SMILES string of the molecule is COc1cc(OCC(=O)N2CCN(Cc3cccc(C#N)c3)CC2)cc(OC)c1OC. The van der Waals surface area contributed by atoms with Gasteiger partial charge in [0.05, 0.1) is 33.0 Å². The summed E-state index contributed by atoms with van der Waals surface area (Å²) in [6, 6.07) is 13.1.